The molecule has 2 rings (SSSR count). The second kappa shape index (κ2) is 6.08. The zero-order valence-electron chi connectivity index (χ0n) is 9.20. The molecule has 0 heterocycles. The van der Waals surface area contributed by atoms with E-state index in [-0.39, 0.29) is 0 Å². The Labute approximate surface area is 148 Å². The van der Waals surface area contributed by atoms with Crippen molar-refractivity contribution in [2.24, 2.45) is 0 Å². The monoisotopic (exact) mass is 558 g/mol. The summed E-state index contributed by atoms with van der Waals surface area (Å²) in [6, 6.07) is 8.45. The average molecular weight is 563 g/mol. The van der Waals surface area contributed by atoms with E-state index in [0.29, 0.717) is 0 Å². The van der Waals surface area contributed by atoms with Crippen LogP contribution in [0.1, 0.15) is 5.56 Å². The number of rotatable bonds is 1. The Kier molecular flexibility index (Phi) is 5.15. The third-order valence-electron chi connectivity index (χ3n) is 2.55. The Morgan fingerprint density at radius 3 is 1.44 bits per heavy atom. The minimum atomic E-state index is 0.983. The number of benzene rings is 2. The summed E-state index contributed by atoms with van der Waals surface area (Å²) in [5.74, 6) is 0. The summed E-state index contributed by atoms with van der Waals surface area (Å²) in [5.41, 5.74) is 3.53. The fourth-order valence-corrected chi connectivity index (χ4v) is 5.08. The van der Waals surface area contributed by atoms with E-state index in [0.717, 1.165) is 33.5 Å². The molecule has 0 unspecified atom stereocenters. The highest BCUT2D eigenvalue weighted by Crippen LogP contribution is 2.48. The number of hydrogen-bond donors (Lipinski definition) is 0. The van der Waals surface area contributed by atoms with Crippen LogP contribution in [0.5, 0.6) is 0 Å². The Balaban J connectivity index is 2.75. The van der Waals surface area contributed by atoms with Crippen molar-refractivity contribution < 1.29 is 0 Å². The molecule has 0 aromatic heterocycles. The lowest BCUT2D eigenvalue weighted by Crippen LogP contribution is -1.88. The Hall–Kier alpha value is 0.840. The minimum Gasteiger partial charge on any atom is -0.0587 e. The molecule has 0 N–H and O–H groups in total. The van der Waals surface area contributed by atoms with Crippen LogP contribution in [0.2, 0.25) is 0 Å². The first-order valence-corrected chi connectivity index (χ1v) is 8.98. The molecule has 0 aliphatic carbocycles. The predicted octanol–water partition coefficient (Wildman–Crippen LogP) is 7.47. The molecule has 0 aliphatic heterocycles. The first kappa shape index (κ1) is 15.2. The van der Waals surface area contributed by atoms with Crippen LogP contribution in [0.15, 0.2) is 46.6 Å². The lowest BCUT2D eigenvalue weighted by Gasteiger charge is -2.14. The lowest BCUT2D eigenvalue weighted by atomic mass is 10.0. The maximum Gasteiger partial charge on any atom is 0.0482 e. The Morgan fingerprint density at radius 2 is 1.00 bits per heavy atom. The van der Waals surface area contributed by atoms with Gasteiger partial charge in [0.1, 0.15) is 0 Å². The molecule has 18 heavy (non-hydrogen) atoms. The van der Waals surface area contributed by atoms with Crippen LogP contribution in [0.3, 0.4) is 0 Å². The van der Waals surface area contributed by atoms with E-state index in [2.05, 4.69) is 111 Å². The van der Waals surface area contributed by atoms with E-state index < -0.39 is 0 Å². The highest BCUT2D eigenvalue weighted by atomic mass is 79.9. The number of hydrogen-bond acceptors (Lipinski definition) is 0. The fraction of sp³-hybridized carbons (Fsp3) is 0.0769. The molecule has 0 nitrogen and oxygen atoms in total. The van der Waals surface area contributed by atoms with Crippen LogP contribution in [-0.2, 0) is 0 Å². The molecule has 0 saturated carbocycles. The maximum atomic E-state index is 3.64. The van der Waals surface area contributed by atoms with Gasteiger partial charge in [-0.15, -0.1) is 0 Å². The second-order valence-corrected chi connectivity index (χ2v) is 7.78. The van der Waals surface area contributed by atoms with Gasteiger partial charge in [0.25, 0.3) is 0 Å². The van der Waals surface area contributed by atoms with Crippen LogP contribution in [0.25, 0.3) is 11.1 Å². The summed E-state index contributed by atoms with van der Waals surface area (Å²) in [6.45, 7) is 2.08. The molecule has 0 bridgehead atoms. The van der Waals surface area contributed by atoms with Gasteiger partial charge >= 0.3 is 0 Å². The van der Waals surface area contributed by atoms with Gasteiger partial charge in [-0.05, 0) is 92.1 Å². The fourth-order valence-electron chi connectivity index (χ4n) is 1.58. The van der Waals surface area contributed by atoms with Crippen LogP contribution >= 0.6 is 79.6 Å². The lowest BCUT2D eigenvalue weighted by molar-refractivity contribution is 1.42. The van der Waals surface area contributed by atoms with Crippen LogP contribution in [-0.4, -0.2) is 0 Å². The van der Waals surface area contributed by atoms with E-state index in [4.69, 9.17) is 0 Å². The van der Waals surface area contributed by atoms with Crippen molar-refractivity contribution in [3.05, 3.63) is 52.2 Å². The van der Waals surface area contributed by atoms with Gasteiger partial charge in [-0.1, -0.05) is 29.8 Å². The molecule has 0 aliphatic rings. The van der Waals surface area contributed by atoms with Crippen molar-refractivity contribution in [1.82, 2.24) is 0 Å². The van der Waals surface area contributed by atoms with E-state index in [9.17, 15) is 0 Å². The smallest absolute Gasteiger partial charge is 0.0482 e. The zero-order valence-corrected chi connectivity index (χ0v) is 17.1. The molecular weight excluding hydrogens is 556 g/mol. The molecule has 2 aromatic rings. The van der Waals surface area contributed by atoms with E-state index >= 15 is 0 Å². The SMILES string of the molecule is Cc1ccc(-c2c(Br)c(Br)c(Br)c(Br)c2Br)cc1. The van der Waals surface area contributed by atoms with Gasteiger partial charge in [0.2, 0.25) is 0 Å². The highest BCUT2D eigenvalue weighted by Gasteiger charge is 2.18. The summed E-state index contributed by atoms with van der Waals surface area (Å²) >= 11 is 18.0. The van der Waals surface area contributed by atoms with Gasteiger partial charge < -0.3 is 0 Å². The third kappa shape index (κ3) is 2.80. The van der Waals surface area contributed by atoms with Crippen molar-refractivity contribution in [1.29, 1.82) is 0 Å². The molecule has 0 radical (unpaired) electrons. The molecule has 2 aromatic carbocycles. The van der Waals surface area contributed by atoms with Crippen molar-refractivity contribution >= 4 is 79.6 Å². The van der Waals surface area contributed by atoms with Gasteiger partial charge in [0, 0.05) is 27.9 Å². The average Bonchev–Trinajstić information content (AvgIpc) is 2.36. The van der Waals surface area contributed by atoms with Crippen LogP contribution < -0.4 is 0 Å². The maximum absolute atomic E-state index is 3.64. The molecule has 0 saturated heterocycles. The molecule has 5 heteroatoms. The highest BCUT2D eigenvalue weighted by molar-refractivity contribution is 9.15. The molecular formula is C13H7Br5. The number of aryl methyl sites for hydroxylation is 1. The molecule has 0 atom stereocenters. The van der Waals surface area contributed by atoms with E-state index in [1.165, 1.54) is 5.56 Å². The van der Waals surface area contributed by atoms with Crippen LogP contribution in [0.4, 0.5) is 0 Å². The summed E-state index contributed by atoms with van der Waals surface area (Å²) in [6.07, 6.45) is 0. The normalized spacial score (nSPS) is 10.8. The van der Waals surface area contributed by atoms with Crippen molar-refractivity contribution in [3.63, 3.8) is 0 Å². The Morgan fingerprint density at radius 1 is 0.611 bits per heavy atom. The topological polar surface area (TPSA) is 0 Å². The van der Waals surface area contributed by atoms with Gasteiger partial charge in [-0.3, -0.25) is 0 Å². The summed E-state index contributed by atoms with van der Waals surface area (Å²) in [7, 11) is 0. The molecule has 0 spiro atoms. The quantitative estimate of drug-likeness (QED) is 0.250. The first-order chi connectivity index (χ1) is 8.43. The van der Waals surface area contributed by atoms with Crippen LogP contribution in [0, 0.1) is 6.92 Å². The van der Waals surface area contributed by atoms with E-state index in [1.54, 1.807) is 0 Å². The largest absolute Gasteiger partial charge is 0.0587 e. The van der Waals surface area contributed by atoms with Crippen molar-refractivity contribution in [3.8, 4) is 11.1 Å². The van der Waals surface area contributed by atoms with Gasteiger partial charge in [0.15, 0.2) is 0 Å². The molecule has 94 valence electrons. The van der Waals surface area contributed by atoms with E-state index in [1.807, 2.05) is 0 Å². The predicted molar refractivity (Wildman–Crippen MR) is 95.1 cm³/mol. The van der Waals surface area contributed by atoms with Gasteiger partial charge in [-0.25, -0.2) is 0 Å². The number of halogens is 5. The van der Waals surface area contributed by atoms with Gasteiger partial charge in [0.05, 0.1) is 0 Å². The second-order valence-electron chi connectivity index (χ2n) is 3.81. The summed E-state index contributed by atoms with van der Waals surface area (Å²) < 4.78 is 5.01. The Bertz CT molecular complexity index is 573. The summed E-state index contributed by atoms with van der Waals surface area (Å²) in [5, 5.41) is 0. The van der Waals surface area contributed by atoms with Crippen molar-refractivity contribution in [2.45, 2.75) is 6.92 Å². The standard InChI is InChI=1S/C13H7Br5/c1-6-2-4-7(5-3-6)8-9(14)11(16)13(18)12(17)10(8)15/h2-5H,1H3. The minimum absolute atomic E-state index is 0.983. The van der Waals surface area contributed by atoms with Gasteiger partial charge in [-0.2, -0.15) is 0 Å². The summed E-state index contributed by atoms with van der Waals surface area (Å²) in [4.78, 5) is 0. The first-order valence-electron chi connectivity index (χ1n) is 5.02. The molecule has 0 amide bonds. The third-order valence-corrected chi connectivity index (χ3v) is 8.64. The molecule has 0 fully saturated rings. The zero-order chi connectivity index (χ0) is 13.4. The van der Waals surface area contributed by atoms with Crippen molar-refractivity contribution in [2.75, 3.05) is 0 Å².